The monoisotopic (exact) mass is 334 g/mol. The maximum Gasteiger partial charge on any atom is 0.324 e. The van der Waals surface area contributed by atoms with Crippen molar-refractivity contribution in [1.29, 1.82) is 0 Å². The molecule has 2 aromatic carbocycles. The third-order valence-corrected chi connectivity index (χ3v) is 4.54. The zero-order valence-corrected chi connectivity index (χ0v) is 12.6. The number of benzene rings is 2. The van der Waals surface area contributed by atoms with E-state index in [-0.39, 0.29) is 21.6 Å². The smallest absolute Gasteiger partial charge is 0.273 e. The minimum absolute atomic E-state index is 0.00391. The molecule has 0 saturated heterocycles. The molecule has 0 aliphatic heterocycles. The van der Waals surface area contributed by atoms with E-state index in [0.29, 0.717) is 0 Å². The first-order valence-corrected chi connectivity index (χ1v) is 7.86. The number of nitro benzene ring substituents is 1. The second-order valence-corrected chi connectivity index (χ2v) is 6.45. The Kier molecular flexibility index (Phi) is 3.45. The molecule has 23 heavy (non-hydrogen) atoms. The third-order valence-electron chi connectivity index (χ3n) is 3.16. The van der Waals surface area contributed by atoms with E-state index in [1.807, 2.05) is 6.92 Å². The minimum Gasteiger partial charge on any atom is -0.273 e. The van der Waals surface area contributed by atoms with Crippen LogP contribution in [0.1, 0.15) is 5.56 Å². The molecule has 0 aliphatic rings. The Bertz CT molecular complexity index is 995. The van der Waals surface area contributed by atoms with Crippen molar-refractivity contribution < 1.29 is 18.0 Å². The highest BCUT2D eigenvalue weighted by Gasteiger charge is 2.26. The molecule has 0 fully saturated rings. The summed E-state index contributed by atoms with van der Waals surface area (Å²) >= 11 is 0. The van der Waals surface area contributed by atoms with Crippen LogP contribution in [0.2, 0.25) is 0 Å². The van der Waals surface area contributed by atoms with Gasteiger partial charge < -0.3 is 0 Å². The number of nitrogens with one attached hydrogen (secondary N) is 1. The first kappa shape index (κ1) is 14.9. The predicted molar refractivity (Wildman–Crippen MR) is 80.4 cm³/mol. The van der Waals surface area contributed by atoms with Crippen LogP contribution in [-0.2, 0) is 10.0 Å². The molecule has 10 heteroatoms. The molecule has 3 aromatic rings. The van der Waals surface area contributed by atoms with Gasteiger partial charge in [-0.2, -0.15) is 0 Å². The fourth-order valence-corrected chi connectivity index (χ4v) is 3.09. The third kappa shape index (κ3) is 2.71. The van der Waals surface area contributed by atoms with Crippen LogP contribution in [0.5, 0.6) is 0 Å². The summed E-state index contributed by atoms with van der Waals surface area (Å²) in [6, 6.07) is 8.73. The van der Waals surface area contributed by atoms with E-state index in [9.17, 15) is 18.5 Å². The predicted octanol–water partition coefficient (Wildman–Crippen LogP) is 2.24. The number of aromatic nitrogens is 2. The molecule has 0 radical (unpaired) electrons. The fourth-order valence-electron chi connectivity index (χ4n) is 2.03. The Balaban J connectivity index is 2.09. The van der Waals surface area contributed by atoms with Gasteiger partial charge in [0.05, 0.1) is 9.82 Å². The van der Waals surface area contributed by atoms with Crippen molar-refractivity contribution in [2.75, 3.05) is 4.72 Å². The summed E-state index contributed by atoms with van der Waals surface area (Å²) in [6.07, 6.45) is 0. The number of aryl methyl sites for hydroxylation is 1. The molecule has 0 saturated carbocycles. The normalized spacial score (nSPS) is 11.5. The zero-order valence-electron chi connectivity index (χ0n) is 11.8. The summed E-state index contributed by atoms with van der Waals surface area (Å²) in [5.74, 6) is 0. The molecule has 1 heterocycles. The lowest BCUT2D eigenvalue weighted by Gasteiger charge is -2.08. The molecule has 0 spiro atoms. The summed E-state index contributed by atoms with van der Waals surface area (Å²) < 4.78 is 31.4. The molecule has 0 bridgehead atoms. The standard InChI is InChI=1S/C13H10N4O5S/c1-8-2-4-9(5-3-8)23(20,21)16-11-7-6-10-12(15-22-14-10)13(11)17(18)19/h2-7,16H,1H3. The summed E-state index contributed by atoms with van der Waals surface area (Å²) in [5.41, 5.74) is 0.206. The van der Waals surface area contributed by atoms with Gasteiger partial charge in [0.25, 0.3) is 10.0 Å². The number of fused-ring (bicyclic) bond motifs is 1. The number of rotatable bonds is 4. The van der Waals surface area contributed by atoms with Crippen LogP contribution in [-0.4, -0.2) is 23.7 Å². The Morgan fingerprint density at radius 2 is 1.83 bits per heavy atom. The number of hydrogen-bond donors (Lipinski definition) is 1. The lowest BCUT2D eigenvalue weighted by atomic mass is 10.2. The molecule has 1 aromatic heterocycles. The van der Waals surface area contributed by atoms with Crippen molar-refractivity contribution in [3.8, 4) is 0 Å². The van der Waals surface area contributed by atoms with E-state index in [1.54, 1.807) is 12.1 Å². The van der Waals surface area contributed by atoms with Crippen molar-refractivity contribution in [2.45, 2.75) is 11.8 Å². The van der Waals surface area contributed by atoms with E-state index in [4.69, 9.17) is 0 Å². The van der Waals surface area contributed by atoms with Gasteiger partial charge in [-0.1, -0.05) is 17.7 Å². The van der Waals surface area contributed by atoms with E-state index >= 15 is 0 Å². The zero-order chi connectivity index (χ0) is 16.6. The number of nitro groups is 1. The van der Waals surface area contributed by atoms with Crippen LogP contribution < -0.4 is 4.72 Å². The van der Waals surface area contributed by atoms with Crippen molar-refractivity contribution >= 4 is 32.4 Å². The fraction of sp³-hybridized carbons (Fsp3) is 0.0769. The Morgan fingerprint density at radius 3 is 2.48 bits per heavy atom. The van der Waals surface area contributed by atoms with Gasteiger partial charge in [0.15, 0.2) is 0 Å². The Labute approximate surface area is 130 Å². The van der Waals surface area contributed by atoms with Crippen LogP contribution in [0.4, 0.5) is 11.4 Å². The van der Waals surface area contributed by atoms with Gasteiger partial charge >= 0.3 is 5.69 Å². The van der Waals surface area contributed by atoms with Crippen molar-refractivity contribution in [3.05, 3.63) is 52.1 Å². The Morgan fingerprint density at radius 1 is 1.13 bits per heavy atom. The highest BCUT2D eigenvalue weighted by Crippen LogP contribution is 2.32. The molecule has 9 nitrogen and oxygen atoms in total. The minimum atomic E-state index is -3.97. The molecule has 118 valence electrons. The molecule has 0 unspecified atom stereocenters. The second-order valence-electron chi connectivity index (χ2n) is 4.77. The van der Waals surface area contributed by atoms with Crippen LogP contribution in [0.15, 0.2) is 45.9 Å². The molecular formula is C13H10N4O5S. The van der Waals surface area contributed by atoms with Gasteiger partial charge in [0.1, 0.15) is 11.2 Å². The molecule has 0 amide bonds. The van der Waals surface area contributed by atoms with Gasteiger partial charge in [-0.3, -0.25) is 14.8 Å². The van der Waals surface area contributed by atoms with Crippen LogP contribution in [0.25, 0.3) is 11.0 Å². The maximum absolute atomic E-state index is 12.4. The summed E-state index contributed by atoms with van der Waals surface area (Å²) in [6.45, 7) is 1.82. The van der Waals surface area contributed by atoms with Gasteiger partial charge in [-0.15, -0.1) is 0 Å². The van der Waals surface area contributed by atoms with Crippen molar-refractivity contribution in [2.24, 2.45) is 0 Å². The molecule has 1 N–H and O–H groups in total. The quantitative estimate of drug-likeness (QED) is 0.572. The van der Waals surface area contributed by atoms with E-state index in [1.165, 1.54) is 24.3 Å². The second kappa shape index (κ2) is 5.32. The highest BCUT2D eigenvalue weighted by atomic mass is 32.2. The summed E-state index contributed by atoms with van der Waals surface area (Å²) in [5, 5.41) is 18.2. The lowest BCUT2D eigenvalue weighted by molar-refractivity contribution is -0.382. The van der Waals surface area contributed by atoms with Crippen molar-refractivity contribution in [1.82, 2.24) is 10.3 Å². The summed E-state index contributed by atoms with van der Waals surface area (Å²) in [4.78, 5) is 10.5. The number of anilines is 1. The van der Waals surface area contributed by atoms with E-state index in [2.05, 4.69) is 19.7 Å². The average molecular weight is 334 g/mol. The largest absolute Gasteiger partial charge is 0.324 e. The Hall–Kier alpha value is -3.01. The highest BCUT2D eigenvalue weighted by molar-refractivity contribution is 7.92. The maximum atomic E-state index is 12.4. The van der Waals surface area contributed by atoms with Gasteiger partial charge in [-0.25, -0.2) is 13.0 Å². The topological polar surface area (TPSA) is 128 Å². The van der Waals surface area contributed by atoms with Gasteiger partial charge in [0.2, 0.25) is 5.52 Å². The average Bonchev–Trinajstić information content (AvgIpc) is 2.95. The number of hydrogen-bond acceptors (Lipinski definition) is 7. The van der Waals surface area contributed by atoms with E-state index in [0.717, 1.165) is 5.56 Å². The molecular weight excluding hydrogens is 324 g/mol. The van der Waals surface area contributed by atoms with Gasteiger partial charge in [0, 0.05) is 0 Å². The molecule has 0 atom stereocenters. The van der Waals surface area contributed by atoms with Crippen LogP contribution in [0, 0.1) is 17.0 Å². The van der Waals surface area contributed by atoms with E-state index < -0.39 is 20.6 Å². The van der Waals surface area contributed by atoms with Crippen LogP contribution >= 0.6 is 0 Å². The lowest BCUT2D eigenvalue weighted by Crippen LogP contribution is -2.14. The number of nitrogens with zero attached hydrogens (tertiary/aromatic N) is 3. The van der Waals surface area contributed by atoms with Crippen molar-refractivity contribution in [3.63, 3.8) is 0 Å². The first-order valence-electron chi connectivity index (χ1n) is 6.37. The molecule has 3 rings (SSSR count). The van der Waals surface area contributed by atoms with Crippen LogP contribution in [0.3, 0.4) is 0 Å². The van der Waals surface area contributed by atoms with Gasteiger partial charge in [-0.05, 0) is 41.5 Å². The number of sulfonamides is 1. The summed E-state index contributed by atoms with van der Waals surface area (Å²) in [7, 11) is -3.97. The first-order chi connectivity index (χ1) is 10.9. The SMILES string of the molecule is Cc1ccc(S(=O)(=O)Nc2ccc3nonc3c2[N+](=O)[O-])cc1. The molecule has 0 aliphatic carbocycles.